The number of nitrogens with zero attached hydrogens (tertiary/aromatic N) is 4. The molecule has 2 N–H and O–H groups in total. The number of oxazole rings is 1. The van der Waals surface area contributed by atoms with Crippen molar-refractivity contribution < 1.29 is 13.7 Å². The largest absolute Gasteiger partial charge is 0.422 e. The number of benzene rings is 1. The number of anilines is 1. The van der Waals surface area contributed by atoms with Crippen molar-refractivity contribution in [3.63, 3.8) is 0 Å². The highest BCUT2D eigenvalue weighted by atomic mass is 16.5. The van der Waals surface area contributed by atoms with E-state index < -0.39 is 0 Å². The van der Waals surface area contributed by atoms with E-state index in [1.807, 2.05) is 45.0 Å². The number of amides is 1. The average molecular weight is 447 g/mol. The van der Waals surface area contributed by atoms with Gasteiger partial charge in [-0.25, -0.2) is 4.98 Å². The number of hydrogen-bond acceptors (Lipinski definition) is 8. The van der Waals surface area contributed by atoms with Crippen LogP contribution in [-0.2, 0) is 5.41 Å². The van der Waals surface area contributed by atoms with E-state index in [4.69, 9.17) is 8.94 Å². The van der Waals surface area contributed by atoms with Crippen molar-refractivity contribution in [3.05, 3.63) is 53.5 Å². The minimum atomic E-state index is -0.215. The Kier molecular flexibility index (Phi) is 5.32. The van der Waals surface area contributed by atoms with Gasteiger partial charge in [0.2, 0.25) is 17.4 Å². The molecular formula is C24H26N6O3. The van der Waals surface area contributed by atoms with Gasteiger partial charge in [-0.3, -0.25) is 4.79 Å². The molecule has 9 nitrogen and oxygen atoms in total. The number of pyridine rings is 1. The van der Waals surface area contributed by atoms with Crippen LogP contribution in [0, 0.1) is 0 Å². The van der Waals surface area contributed by atoms with Gasteiger partial charge in [0, 0.05) is 41.2 Å². The molecule has 170 valence electrons. The van der Waals surface area contributed by atoms with Crippen molar-refractivity contribution in [2.45, 2.75) is 44.9 Å². The summed E-state index contributed by atoms with van der Waals surface area (Å²) in [5, 5.41) is 10.0. The van der Waals surface area contributed by atoms with E-state index in [1.165, 1.54) is 12.8 Å². The van der Waals surface area contributed by atoms with Gasteiger partial charge in [-0.1, -0.05) is 38.1 Å². The number of rotatable bonds is 7. The first kappa shape index (κ1) is 21.1. The van der Waals surface area contributed by atoms with Crippen LogP contribution in [0.2, 0.25) is 0 Å². The molecule has 1 saturated carbocycles. The van der Waals surface area contributed by atoms with Crippen molar-refractivity contribution >= 4 is 23.2 Å². The second-order valence-electron chi connectivity index (χ2n) is 9.28. The van der Waals surface area contributed by atoms with Crippen LogP contribution in [0.15, 0.2) is 45.3 Å². The maximum absolute atomic E-state index is 12.4. The van der Waals surface area contributed by atoms with Crippen molar-refractivity contribution in [2.24, 2.45) is 0 Å². The molecule has 33 heavy (non-hydrogen) atoms. The monoisotopic (exact) mass is 446 g/mol. The topological polar surface area (TPSA) is 119 Å². The van der Waals surface area contributed by atoms with E-state index in [0.29, 0.717) is 53.5 Å². The van der Waals surface area contributed by atoms with Crippen LogP contribution < -0.4 is 10.6 Å². The third kappa shape index (κ3) is 4.72. The summed E-state index contributed by atoms with van der Waals surface area (Å²) in [6.45, 7) is 6.93. The predicted molar refractivity (Wildman–Crippen MR) is 123 cm³/mol. The van der Waals surface area contributed by atoms with Crippen molar-refractivity contribution in [1.82, 2.24) is 25.4 Å². The average Bonchev–Trinajstić information content (AvgIpc) is 3.37. The minimum absolute atomic E-state index is 0.167. The second kappa shape index (κ2) is 8.31. The smallest absolute Gasteiger partial charge is 0.297 e. The standard InChI is InChI=1S/C24H26N6O3/c1-24(2,3)22-28-19(30-33-22)15-6-8-16(9-7-15)21(31)25-12-13-26-23-29-20-18(32-23)11-10-17(27-20)14-4-5-14/h6-11,14H,4-5,12-13H2,1-3H3,(H,25,31)(H,26,27,29). The molecule has 3 aromatic heterocycles. The van der Waals surface area contributed by atoms with Crippen LogP contribution in [0.1, 0.15) is 61.5 Å². The highest BCUT2D eigenvalue weighted by molar-refractivity contribution is 5.94. The molecule has 1 amide bonds. The fourth-order valence-corrected chi connectivity index (χ4v) is 3.38. The first-order chi connectivity index (χ1) is 15.9. The Morgan fingerprint density at radius 2 is 1.82 bits per heavy atom. The Morgan fingerprint density at radius 1 is 1.03 bits per heavy atom. The molecule has 5 rings (SSSR count). The number of carbonyl (C=O) groups excluding carboxylic acids is 1. The molecule has 1 aliphatic carbocycles. The molecular weight excluding hydrogens is 420 g/mol. The van der Waals surface area contributed by atoms with E-state index in [0.717, 1.165) is 11.3 Å². The van der Waals surface area contributed by atoms with Gasteiger partial charge in [-0.05, 0) is 37.1 Å². The Labute approximate surface area is 191 Å². The molecule has 0 aliphatic heterocycles. The van der Waals surface area contributed by atoms with Gasteiger partial charge in [0.15, 0.2) is 5.58 Å². The van der Waals surface area contributed by atoms with Gasteiger partial charge < -0.3 is 19.6 Å². The van der Waals surface area contributed by atoms with E-state index in [2.05, 4.69) is 30.7 Å². The summed E-state index contributed by atoms with van der Waals surface area (Å²) in [6, 6.07) is 11.4. The Morgan fingerprint density at radius 3 is 2.52 bits per heavy atom. The van der Waals surface area contributed by atoms with E-state index in [-0.39, 0.29) is 11.3 Å². The van der Waals surface area contributed by atoms with Gasteiger partial charge >= 0.3 is 0 Å². The predicted octanol–water partition coefficient (Wildman–Crippen LogP) is 4.29. The number of carbonyl (C=O) groups is 1. The van der Waals surface area contributed by atoms with Gasteiger partial charge in [-0.2, -0.15) is 9.97 Å². The molecule has 0 radical (unpaired) electrons. The number of nitrogens with one attached hydrogen (secondary N) is 2. The summed E-state index contributed by atoms with van der Waals surface area (Å²) in [7, 11) is 0. The third-order valence-corrected chi connectivity index (χ3v) is 5.43. The Balaban J connectivity index is 1.13. The quantitative estimate of drug-likeness (QED) is 0.404. The van der Waals surface area contributed by atoms with Crippen LogP contribution >= 0.6 is 0 Å². The van der Waals surface area contributed by atoms with Gasteiger partial charge in [-0.15, -0.1) is 0 Å². The van der Waals surface area contributed by atoms with Crippen LogP contribution in [0.5, 0.6) is 0 Å². The first-order valence-corrected chi connectivity index (χ1v) is 11.1. The molecule has 4 aromatic rings. The lowest BCUT2D eigenvalue weighted by atomic mass is 9.97. The normalized spacial score (nSPS) is 13.9. The zero-order chi connectivity index (χ0) is 23.0. The maximum atomic E-state index is 12.4. The van der Waals surface area contributed by atoms with Crippen molar-refractivity contribution in [3.8, 4) is 11.4 Å². The lowest BCUT2D eigenvalue weighted by Gasteiger charge is -2.10. The third-order valence-electron chi connectivity index (χ3n) is 5.43. The Bertz CT molecular complexity index is 1280. The molecule has 0 bridgehead atoms. The summed E-state index contributed by atoms with van der Waals surface area (Å²) >= 11 is 0. The molecule has 1 aliphatic rings. The fraction of sp³-hybridized carbons (Fsp3) is 0.375. The zero-order valence-electron chi connectivity index (χ0n) is 18.9. The molecule has 1 fully saturated rings. The zero-order valence-corrected chi connectivity index (χ0v) is 18.9. The van der Waals surface area contributed by atoms with Crippen LogP contribution in [0.25, 0.3) is 22.6 Å². The number of aromatic nitrogens is 4. The van der Waals surface area contributed by atoms with Crippen LogP contribution in [0.4, 0.5) is 6.01 Å². The number of fused-ring (bicyclic) bond motifs is 1. The molecule has 3 heterocycles. The summed E-state index contributed by atoms with van der Waals surface area (Å²) < 4.78 is 11.0. The van der Waals surface area contributed by atoms with Crippen molar-refractivity contribution in [2.75, 3.05) is 18.4 Å². The lowest BCUT2D eigenvalue weighted by molar-refractivity contribution is 0.0955. The second-order valence-corrected chi connectivity index (χ2v) is 9.28. The minimum Gasteiger partial charge on any atom is -0.422 e. The number of hydrogen-bond donors (Lipinski definition) is 2. The molecule has 1 aromatic carbocycles. The molecule has 0 saturated heterocycles. The summed E-state index contributed by atoms with van der Waals surface area (Å²) in [6.07, 6.45) is 2.39. The highest BCUT2D eigenvalue weighted by Crippen LogP contribution is 2.39. The van der Waals surface area contributed by atoms with Gasteiger partial charge in [0.1, 0.15) is 0 Å². The van der Waals surface area contributed by atoms with Crippen LogP contribution in [-0.4, -0.2) is 39.1 Å². The molecule has 0 unspecified atom stereocenters. The first-order valence-electron chi connectivity index (χ1n) is 11.1. The highest BCUT2D eigenvalue weighted by Gasteiger charge is 2.25. The van der Waals surface area contributed by atoms with Crippen LogP contribution in [0.3, 0.4) is 0 Å². The Hall–Kier alpha value is -3.75. The SMILES string of the molecule is CC(C)(C)c1nc(-c2ccc(C(=O)NCCNc3nc4nc(C5CC5)ccc4o3)cc2)no1. The van der Waals surface area contributed by atoms with Crippen molar-refractivity contribution in [1.29, 1.82) is 0 Å². The molecule has 9 heteroatoms. The summed E-state index contributed by atoms with van der Waals surface area (Å²) in [5.74, 6) is 1.48. The molecule has 0 spiro atoms. The van der Waals surface area contributed by atoms with E-state index >= 15 is 0 Å². The maximum Gasteiger partial charge on any atom is 0.297 e. The van der Waals surface area contributed by atoms with Gasteiger partial charge in [0.25, 0.3) is 11.9 Å². The lowest BCUT2D eigenvalue weighted by Crippen LogP contribution is -2.28. The van der Waals surface area contributed by atoms with E-state index in [9.17, 15) is 4.79 Å². The summed E-state index contributed by atoms with van der Waals surface area (Å²) in [4.78, 5) is 25.9. The summed E-state index contributed by atoms with van der Waals surface area (Å²) in [5.41, 5.74) is 3.48. The van der Waals surface area contributed by atoms with Gasteiger partial charge in [0.05, 0.1) is 0 Å². The molecule has 0 atom stereocenters. The van der Waals surface area contributed by atoms with E-state index in [1.54, 1.807) is 12.1 Å². The fourth-order valence-electron chi connectivity index (χ4n) is 3.38.